The standard InChI is InChI=1S/2C45H37N3.C42H34N2/c1-44(2)39-28-27-33(29-38(39)36-26-16-25-35(40(36)45(44,3)4)30-17-8-5-9-18-30)34-23-14-15-24-37(34)43-47-41(31-19-10-6-11-20-31)46-42(48-43)32-21-12-7-13-22-32;1-44(2)39-28-27-35(29-38(39)37-22-14-21-36(40(37)45(44,3)4)32-17-10-6-11-18-32)43-47-41(33-19-12-7-13-20-33)46-42(48-43)34-25-23-31(24-26-34)30-15-8-5-9-16-30;1-41(2)35-22-19-30(27-13-7-5-8-14-27)25-33(35)34-26-31(20-23-36(34)42(41,3)4)39-38(29-16-9-6-10-17-29)43-37-24-21-28-15-11-12-18-32(28)40(37)44-39/h2*5-29H,1-4H3;5-26H,1-4H3. The van der Waals surface area contributed by atoms with E-state index in [2.05, 4.69) is 435 Å². The van der Waals surface area contributed by atoms with Gasteiger partial charge in [-0.25, -0.2) is 39.9 Å². The Kier molecular flexibility index (Phi) is 22.6. The molecule has 0 aliphatic heterocycles. The van der Waals surface area contributed by atoms with Gasteiger partial charge in [0.2, 0.25) is 0 Å². The fourth-order valence-corrected chi connectivity index (χ4v) is 21.5. The summed E-state index contributed by atoms with van der Waals surface area (Å²) in [6.45, 7) is 28.7. The highest BCUT2D eigenvalue weighted by molar-refractivity contribution is 6.06. The minimum absolute atomic E-state index is 0.0526. The van der Waals surface area contributed by atoms with Crippen LogP contribution in [0.3, 0.4) is 0 Å². The Morgan fingerprint density at radius 3 is 0.886 bits per heavy atom. The molecule has 140 heavy (non-hydrogen) atoms. The topological polar surface area (TPSA) is 103 Å². The third kappa shape index (κ3) is 15.7. The van der Waals surface area contributed by atoms with Crippen LogP contribution in [-0.2, 0) is 32.5 Å². The quantitative estimate of drug-likeness (QED) is 0.105. The molecule has 21 aromatic rings. The lowest BCUT2D eigenvalue weighted by Gasteiger charge is -2.49. The van der Waals surface area contributed by atoms with Crippen LogP contribution < -0.4 is 0 Å². The molecule has 0 bridgehead atoms. The van der Waals surface area contributed by atoms with Gasteiger partial charge in [0.25, 0.3) is 0 Å². The van der Waals surface area contributed by atoms with Crippen molar-refractivity contribution in [3.8, 4) is 180 Å². The fourth-order valence-electron chi connectivity index (χ4n) is 21.5. The summed E-state index contributed by atoms with van der Waals surface area (Å²) in [7, 11) is 0. The number of fused-ring (bicyclic) bond motifs is 12. The van der Waals surface area contributed by atoms with Gasteiger partial charge in [-0.1, -0.05) is 490 Å². The Morgan fingerprint density at radius 1 is 0.150 bits per heavy atom. The molecular weight excluding hydrogens is 1700 g/mol. The molecule has 0 saturated carbocycles. The number of hydrogen-bond donors (Lipinski definition) is 0. The van der Waals surface area contributed by atoms with E-state index in [1.807, 2.05) is 84.9 Å². The first-order chi connectivity index (χ1) is 68.0. The van der Waals surface area contributed by atoms with Crippen molar-refractivity contribution >= 4 is 21.8 Å². The van der Waals surface area contributed by atoms with Crippen molar-refractivity contribution in [2.75, 3.05) is 0 Å². The molecule has 18 aromatic carbocycles. The zero-order valence-corrected chi connectivity index (χ0v) is 81.1. The monoisotopic (exact) mass is 1800 g/mol. The molecular formula is C132H108N8. The molecule has 3 aliphatic rings. The van der Waals surface area contributed by atoms with Gasteiger partial charge in [0.05, 0.1) is 22.4 Å². The van der Waals surface area contributed by atoms with Crippen LogP contribution >= 0.6 is 0 Å². The van der Waals surface area contributed by atoms with Crippen LogP contribution in [0.5, 0.6) is 0 Å². The van der Waals surface area contributed by atoms with Gasteiger partial charge < -0.3 is 0 Å². The lowest BCUT2D eigenvalue weighted by molar-refractivity contribution is 0.299. The largest absolute Gasteiger partial charge is 0.244 e. The van der Waals surface area contributed by atoms with Gasteiger partial charge in [0.15, 0.2) is 34.9 Å². The third-order valence-corrected chi connectivity index (χ3v) is 31.2. The Bertz CT molecular complexity index is 8230. The summed E-state index contributed by atoms with van der Waals surface area (Å²) < 4.78 is 0. The highest BCUT2D eigenvalue weighted by atomic mass is 15.0. The Labute approximate surface area is 821 Å². The van der Waals surface area contributed by atoms with E-state index in [0.29, 0.717) is 34.9 Å². The summed E-state index contributed by atoms with van der Waals surface area (Å²) >= 11 is 0. The van der Waals surface area contributed by atoms with E-state index >= 15 is 0 Å². The molecule has 0 N–H and O–H groups in total. The summed E-state index contributed by atoms with van der Waals surface area (Å²) in [6.07, 6.45) is 0. The SMILES string of the molecule is CC1(C)c2ccc(-c3ccccc3)cc2-c2cc(-c3nc4c(ccc5ccccc54)nc3-c3ccccc3)ccc2C1(C)C.CC1(C)c2ccc(-c3ccccc3-c3nc(-c4ccccc4)nc(-c4ccccc4)n3)cc2-c2cccc(-c3ccccc3)c2C1(C)C.CC1(C)c2ccc(-c3nc(-c4ccccc4)nc(-c4ccc(-c5ccccc5)cc4)n3)cc2-c2cccc(-c3ccccc3)c2C1(C)C. The molecule has 3 aromatic heterocycles. The normalized spacial score (nSPS) is 14.3. The second-order valence-corrected chi connectivity index (χ2v) is 40.5. The summed E-state index contributed by atoms with van der Waals surface area (Å²) in [6, 6.07) is 155. The van der Waals surface area contributed by atoms with Crippen molar-refractivity contribution < 1.29 is 0 Å². The van der Waals surface area contributed by atoms with Gasteiger partial charge in [-0.2, -0.15) is 0 Å². The summed E-state index contributed by atoms with van der Waals surface area (Å²) in [5.74, 6) is 3.96. The van der Waals surface area contributed by atoms with Gasteiger partial charge in [-0.05, 0) is 180 Å². The molecule has 24 rings (SSSR count). The van der Waals surface area contributed by atoms with E-state index in [1.54, 1.807) is 0 Å². The van der Waals surface area contributed by atoms with Gasteiger partial charge in [0, 0.05) is 60.7 Å². The average Bonchev–Trinajstić information content (AvgIpc) is 0.707. The zero-order valence-electron chi connectivity index (χ0n) is 81.1. The van der Waals surface area contributed by atoms with Crippen LogP contribution in [0.2, 0.25) is 0 Å². The first kappa shape index (κ1) is 88.8. The van der Waals surface area contributed by atoms with Crippen LogP contribution in [0.4, 0.5) is 0 Å². The lowest BCUT2D eigenvalue weighted by atomic mass is 9.54. The van der Waals surface area contributed by atoms with Crippen LogP contribution in [0, 0.1) is 0 Å². The highest BCUT2D eigenvalue weighted by Crippen LogP contribution is 2.61. The van der Waals surface area contributed by atoms with Crippen LogP contribution in [0.15, 0.2) is 437 Å². The van der Waals surface area contributed by atoms with E-state index in [1.165, 1.54) is 111 Å². The molecule has 0 amide bonds. The van der Waals surface area contributed by atoms with Crippen LogP contribution in [0.1, 0.15) is 116 Å². The molecule has 0 spiro atoms. The fraction of sp³-hybridized carbons (Fsp3) is 0.136. The molecule has 3 aliphatic carbocycles. The van der Waals surface area contributed by atoms with E-state index in [-0.39, 0.29) is 32.5 Å². The summed E-state index contributed by atoms with van der Waals surface area (Å²) in [5.41, 5.74) is 39.0. The first-order valence-electron chi connectivity index (χ1n) is 48.7. The van der Waals surface area contributed by atoms with E-state index in [4.69, 9.17) is 39.9 Å². The number of nitrogens with zero attached hydrogens (tertiary/aromatic N) is 8. The molecule has 0 radical (unpaired) electrons. The van der Waals surface area contributed by atoms with Crippen molar-refractivity contribution in [2.45, 2.75) is 116 Å². The number of benzene rings is 18. The van der Waals surface area contributed by atoms with Crippen molar-refractivity contribution in [1.82, 2.24) is 39.9 Å². The highest BCUT2D eigenvalue weighted by Gasteiger charge is 2.50. The number of hydrogen-bond acceptors (Lipinski definition) is 8. The molecule has 8 nitrogen and oxygen atoms in total. The second kappa shape index (κ2) is 35.6. The van der Waals surface area contributed by atoms with Crippen molar-refractivity contribution in [3.05, 3.63) is 470 Å². The Morgan fingerprint density at radius 2 is 0.429 bits per heavy atom. The smallest absolute Gasteiger partial charge is 0.164 e. The Hall–Kier alpha value is -16.4. The summed E-state index contributed by atoms with van der Waals surface area (Å²) in [4.78, 5) is 40.9. The maximum absolute atomic E-state index is 5.42. The molecule has 0 atom stereocenters. The van der Waals surface area contributed by atoms with Gasteiger partial charge in [0.1, 0.15) is 0 Å². The average molecular weight is 1810 g/mol. The summed E-state index contributed by atoms with van der Waals surface area (Å²) in [5, 5.41) is 2.29. The predicted molar refractivity (Wildman–Crippen MR) is 582 cm³/mol. The van der Waals surface area contributed by atoms with E-state index in [9.17, 15) is 0 Å². The first-order valence-corrected chi connectivity index (χ1v) is 48.7. The van der Waals surface area contributed by atoms with E-state index in [0.717, 1.165) is 89.0 Å². The third-order valence-electron chi connectivity index (χ3n) is 31.2. The van der Waals surface area contributed by atoms with Crippen LogP contribution in [0.25, 0.3) is 202 Å². The zero-order chi connectivity index (χ0) is 95.8. The van der Waals surface area contributed by atoms with Crippen molar-refractivity contribution in [1.29, 1.82) is 0 Å². The predicted octanol–water partition coefficient (Wildman–Crippen LogP) is 33.9. The molecule has 0 unspecified atom stereocenters. The van der Waals surface area contributed by atoms with Gasteiger partial charge in [-0.3, -0.25) is 0 Å². The molecule has 3 heterocycles. The van der Waals surface area contributed by atoms with Gasteiger partial charge >= 0.3 is 0 Å². The van der Waals surface area contributed by atoms with Crippen molar-refractivity contribution in [2.24, 2.45) is 0 Å². The second-order valence-electron chi connectivity index (χ2n) is 40.5. The molecule has 676 valence electrons. The maximum atomic E-state index is 5.42. The molecule has 0 saturated heterocycles. The number of rotatable bonds is 13. The molecule has 8 heteroatoms. The maximum Gasteiger partial charge on any atom is 0.164 e. The molecule has 0 fully saturated rings. The van der Waals surface area contributed by atoms with Gasteiger partial charge in [-0.15, -0.1) is 0 Å². The lowest BCUT2D eigenvalue weighted by Crippen LogP contribution is -2.44. The van der Waals surface area contributed by atoms with E-state index < -0.39 is 0 Å². The van der Waals surface area contributed by atoms with Crippen molar-refractivity contribution in [3.63, 3.8) is 0 Å². The number of aromatic nitrogens is 8. The minimum atomic E-state index is -0.126. The Balaban J connectivity index is 0.000000121. The minimum Gasteiger partial charge on any atom is -0.244 e. The van der Waals surface area contributed by atoms with Crippen LogP contribution in [-0.4, -0.2) is 39.9 Å².